The zero-order valence-corrected chi connectivity index (χ0v) is 11.0. The second kappa shape index (κ2) is 5.27. The van der Waals surface area contributed by atoms with Crippen molar-refractivity contribution in [2.45, 2.75) is 13.0 Å². The van der Waals surface area contributed by atoms with Gasteiger partial charge in [-0.15, -0.1) is 0 Å². The number of aromatic nitrogens is 2. The van der Waals surface area contributed by atoms with Crippen LogP contribution < -0.4 is 4.74 Å². The molecule has 0 aliphatic carbocycles. The van der Waals surface area contributed by atoms with Gasteiger partial charge in [0.05, 0.1) is 6.10 Å². The number of benzene rings is 1. The van der Waals surface area contributed by atoms with Crippen LogP contribution >= 0.6 is 0 Å². The smallest absolute Gasteiger partial charge is 0.225 e. The van der Waals surface area contributed by atoms with E-state index >= 15 is 0 Å². The van der Waals surface area contributed by atoms with E-state index in [1.807, 2.05) is 30.3 Å². The minimum atomic E-state index is -0.637. The van der Waals surface area contributed by atoms with Crippen LogP contribution in [0, 0.1) is 0 Å². The maximum absolute atomic E-state index is 9.76. The molecule has 0 saturated carbocycles. The first-order valence-corrected chi connectivity index (χ1v) is 6.40. The standard InChI is InChI=1S/C16H14N2O2/c1-11(19)13-7-4-10-18-16(13)20-14-8-2-5-12-6-3-9-17-15(12)14/h2-11,19H,1H3. The Kier molecular flexibility index (Phi) is 3.31. The summed E-state index contributed by atoms with van der Waals surface area (Å²) in [4.78, 5) is 8.53. The van der Waals surface area contributed by atoms with Gasteiger partial charge >= 0.3 is 0 Å². The van der Waals surface area contributed by atoms with E-state index in [4.69, 9.17) is 4.74 Å². The van der Waals surface area contributed by atoms with Crippen molar-refractivity contribution >= 4 is 10.9 Å². The highest BCUT2D eigenvalue weighted by Gasteiger charge is 2.12. The van der Waals surface area contributed by atoms with E-state index in [0.717, 1.165) is 10.9 Å². The van der Waals surface area contributed by atoms with E-state index in [2.05, 4.69) is 9.97 Å². The second-order valence-corrected chi connectivity index (χ2v) is 4.51. The van der Waals surface area contributed by atoms with E-state index in [0.29, 0.717) is 17.2 Å². The maximum atomic E-state index is 9.76. The molecule has 2 heterocycles. The van der Waals surface area contributed by atoms with Gasteiger partial charge in [0.1, 0.15) is 5.52 Å². The third kappa shape index (κ3) is 2.33. The molecule has 20 heavy (non-hydrogen) atoms. The molecule has 2 aromatic heterocycles. The highest BCUT2D eigenvalue weighted by atomic mass is 16.5. The lowest BCUT2D eigenvalue weighted by Crippen LogP contribution is -1.98. The van der Waals surface area contributed by atoms with Crippen LogP contribution in [0.4, 0.5) is 0 Å². The summed E-state index contributed by atoms with van der Waals surface area (Å²) in [6, 6.07) is 13.2. The molecular weight excluding hydrogens is 252 g/mol. The predicted octanol–water partition coefficient (Wildman–Crippen LogP) is 3.48. The summed E-state index contributed by atoms with van der Waals surface area (Å²) >= 11 is 0. The van der Waals surface area contributed by atoms with E-state index in [1.165, 1.54) is 0 Å². The van der Waals surface area contributed by atoms with Gasteiger partial charge < -0.3 is 9.84 Å². The Balaban J connectivity index is 2.06. The number of rotatable bonds is 3. The molecule has 1 aromatic carbocycles. The molecule has 1 atom stereocenters. The summed E-state index contributed by atoms with van der Waals surface area (Å²) in [5, 5.41) is 10.8. The van der Waals surface area contributed by atoms with Gasteiger partial charge in [-0.1, -0.05) is 18.2 Å². The average Bonchev–Trinajstić information content (AvgIpc) is 2.48. The van der Waals surface area contributed by atoms with Crippen molar-refractivity contribution in [1.82, 2.24) is 9.97 Å². The van der Waals surface area contributed by atoms with Crippen LogP contribution in [0.1, 0.15) is 18.6 Å². The molecule has 3 aromatic rings. The fourth-order valence-corrected chi connectivity index (χ4v) is 2.07. The summed E-state index contributed by atoms with van der Waals surface area (Å²) in [5.74, 6) is 1.03. The molecular formula is C16H14N2O2. The molecule has 0 amide bonds. The van der Waals surface area contributed by atoms with Crippen LogP contribution in [0.3, 0.4) is 0 Å². The first-order chi connectivity index (χ1) is 9.75. The molecule has 4 nitrogen and oxygen atoms in total. The van der Waals surface area contributed by atoms with Gasteiger partial charge in [-0.2, -0.15) is 0 Å². The number of para-hydroxylation sites is 1. The van der Waals surface area contributed by atoms with Crippen molar-refractivity contribution in [1.29, 1.82) is 0 Å². The van der Waals surface area contributed by atoms with Gasteiger partial charge in [0, 0.05) is 23.3 Å². The van der Waals surface area contributed by atoms with Crippen LogP contribution in [0.15, 0.2) is 54.9 Å². The molecule has 0 spiro atoms. The maximum Gasteiger partial charge on any atom is 0.225 e. The summed E-state index contributed by atoms with van der Waals surface area (Å²) in [6.07, 6.45) is 2.73. The van der Waals surface area contributed by atoms with E-state index < -0.39 is 6.10 Å². The van der Waals surface area contributed by atoms with Crippen molar-refractivity contribution in [2.24, 2.45) is 0 Å². The van der Waals surface area contributed by atoms with Crippen LogP contribution in [-0.4, -0.2) is 15.1 Å². The molecule has 0 fully saturated rings. The van der Waals surface area contributed by atoms with Gasteiger partial charge in [-0.3, -0.25) is 4.98 Å². The van der Waals surface area contributed by atoms with Crippen molar-refractivity contribution in [3.05, 3.63) is 60.4 Å². The molecule has 0 aliphatic rings. The molecule has 4 heteroatoms. The summed E-state index contributed by atoms with van der Waals surface area (Å²) in [5.41, 5.74) is 1.43. The van der Waals surface area contributed by atoms with Gasteiger partial charge in [0.2, 0.25) is 5.88 Å². The minimum Gasteiger partial charge on any atom is -0.436 e. The predicted molar refractivity (Wildman–Crippen MR) is 76.7 cm³/mol. The molecule has 1 N–H and O–H groups in total. The van der Waals surface area contributed by atoms with Crippen LogP contribution in [0.25, 0.3) is 10.9 Å². The highest BCUT2D eigenvalue weighted by molar-refractivity contribution is 5.84. The van der Waals surface area contributed by atoms with E-state index in [1.54, 1.807) is 31.5 Å². The fourth-order valence-electron chi connectivity index (χ4n) is 2.07. The number of pyridine rings is 2. The lowest BCUT2D eigenvalue weighted by molar-refractivity contribution is 0.194. The highest BCUT2D eigenvalue weighted by Crippen LogP contribution is 2.31. The Labute approximate surface area is 116 Å². The molecule has 3 rings (SSSR count). The lowest BCUT2D eigenvalue weighted by Gasteiger charge is -2.12. The molecule has 100 valence electrons. The summed E-state index contributed by atoms with van der Waals surface area (Å²) in [6.45, 7) is 1.69. The Bertz CT molecular complexity index is 736. The minimum absolute atomic E-state index is 0.403. The first-order valence-electron chi connectivity index (χ1n) is 6.40. The number of aliphatic hydroxyl groups is 1. The number of nitrogens with zero attached hydrogens (tertiary/aromatic N) is 2. The van der Waals surface area contributed by atoms with Crippen LogP contribution in [-0.2, 0) is 0 Å². The van der Waals surface area contributed by atoms with Gasteiger partial charge in [0.25, 0.3) is 0 Å². The molecule has 0 radical (unpaired) electrons. The normalized spacial score (nSPS) is 12.3. The lowest BCUT2D eigenvalue weighted by atomic mass is 10.2. The van der Waals surface area contributed by atoms with Crippen molar-refractivity contribution in [3.63, 3.8) is 0 Å². The van der Waals surface area contributed by atoms with Crippen molar-refractivity contribution < 1.29 is 9.84 Å². The summed E-state index contributed by atoms with van der Waals surface area (Å²) in [7, 11) is 0. The van der Waals surface area contributed by atoms with Crippen LogP contribution in [0.2, 0.25) is 0 Å². The zero-order chi connectivity index (χ0) is 13.9. The Morgan fingerprint density at radius 2 is 1.75 bits per heavy atom. The van der Waals surface area contributed by atoms with E-state index in [-0.39, 0.29) is 0 Å². The number of ether oxygens (including phenoxy) is 1. The Morgan fingerprint density at radius 3 is 2.60 bits per heavy atom. The topological polar surface area (TPSA) is 55.2 Å². The molecule has 1 unspecified atom stereocenters. The largest absolute Gasteiger partial charge is 0.436 e. The second-order valence-electron chi connectivity index (χ2n) is 4.51. The number of fused-ring (bicyclic) bond motifs is 1. The van der Waals surface area contributed by atoms with E-state index in [9.17, 15) is 5.11 Å². The fraction of sp³-hybridized carbons (Fsp3) is 0.125. The third-order valence-electron chi connectivity index (χ3n) is 3.05. The van der Waals surface area contributed by atoms with Gasteiger partial charge in [-0.25, -0.2) is 4.98 Å². The Hall–Kier alpha value is -2.46. The molecule has 0 bridgehead atoms. The first kappa shape index (κ1) is 12.6. The third-order valence-corrected chi connectivity index (χ3v) is 3.05. The SMILES string of the molecule is CC(O)c1cccnc1Oc1cccc2cccnc12. The van der Waals surface area contributed by atoms with Crippen molar-refractivity contribution in [2.75, 3.05) is 0 Å². The monoisotopic (exact) mass is 266 g/mol. The number of hydrogen-bond donors (Lipinski definition) is 1. The average molecular weight is 266 g/mol. The summed E-state index contributed by atoms with van der Waals surface area (Å²) < 4.78 is 5.85. The number of aliphatic hydroxyl groups excluding tert-OH is 1. The quantitative estimate of drug-likeness (QED) is 0.788. The van der Waals surface area contributed by atoms with Gasteiger partial charge in [0.15, 0.2) is 5.75 Å². The van der Waals surface area contributed by atoms with Crippen LogP contribution in [0.5, 0.6) is 11.6 Å². The Morgan fingerprint density at radius 1 is 1.00 bits per heavy atom. The zero-order valence-electron chi connectivity index (χ0n) is 11.0. The van der Waals surface area contributed by atoms with Crippen molar-refractivity contribution in [3.8, 4) is 11.6 Å². The molecule has 0 aliphatic heterocycles. The molecule has 0 saturated heterocycles. The van der Waals surface area contributed by atoms with Gasteiger partial charge in [-0.05, 0) is 31.2 Å². The number of hydrogen-bond acceptors (Lipinski definition) is 4.